The minimum absolute atomic E-state index is 0.0485. The zero-order valence-electron chi connectivity index (χ0n) is 19.0. The van der Waals surface area contributed by atoms with E-state index >= 15 is 0 Å². The SMILES string of the molecule is C=CCN1C(=O)c2ccc(C(=O)OCC(=O)Nc3ccc(C(=O)N(CC)CC)cc3)cc2C1=O. The highest BCUT2D eigenvalue weighted by Gasteiger charge is 2.35. The summed E-state index contributed by atoms with van der Waals surface area (Å²) in [6.45, 7) is 8.03. The molecule has 1 aliphatic rings. The fourth-order valence-electron chi connectivity index (χ4n) is 3.51. The summed E-state index contributed by atoms with van der Waals surface area (Å²) in [6.07, 6.45) is 1.44. The van der Waals surface area contributed by atoms with Gasteiger partial charge in [0.25, 0.3) is 23.6 Å². The average molecular weight is 463 g/mol. The number of nitrogens with zero attached hydrogens (tertiary/aromatic N) is 2. The van der Waals surface area contributed by atoms with E-state index in [4.69, 9.17) is 4.74 Å². The molecule has 2 aromatic rings. The molecule has 0 fully saturated rings. The summed E-state index contributed by atoms with van der Waals surface area (Å²) < 4.78 is 5.04. The van der Waals surface area contributed by atoms with Crippen molar-refractivity contribution in [3.63, 3.8) is 0 Å². The van der Waals surface area contributed by atoms with Crippen molar-refractivity contribution < 1.29 is 28.7 Å². The number of nitrogens with one attached hydrogen (secondary N) is 1. The highest BCUT2D eigenvalue weighted by molar-refractivity contribution is 6.22. The minimum atomic E-state index is -0.805. The third kappa shape index (κ3) is 5.03. The van der Waals surface area contributed by atoms with E-state index in [1.165, 1.54) is 24.3 Å². The summed E-state index contributed by atoms with van der Waals surface area (Å²) in [6, 6.07) is 10.4. The van der Waals surface area contributed by atoms with Crippen molar-refractivity contribution in [3.05, 3.63) is 77.4 Å². The number of rotatable bonds is 9. The summed E-state index contributed by atoms with van der Waals surface area (Å²) in [5.74, 6) is -2.44. The Morgan fingerprint density at radius 3 is 2.21 bits per heavy atom. The molecular weight excluding hydrogens is 438 g/mol. The Labute approximate surface area is 197 Å². The van der Waals surface area contributed by atoms with Gasteiger partial charge in [0.15, 0.2) is 6.61 Å². The number of anilines is 1. The third-order valence-electron chi connectivity index (χ3n) is 5.32. The van der Waals surface area contributed by atoms with Gasteiger partial charge in [0, 0.05) is 30.9 Å². The number of imide groups is 1. The second kappa shape index (κ2) is 10.6. The van der Waals surface area contributed by atoms with Crippen LogP contribution < -0.4 is 5.32 Å². The molecular formula is C25H25N3O6. The monoisotopic (exact) mass is 463 g/mol. The molecule has 34 heavy (non-hydrogen) atoms. The highest BCUT2D eigenvalue weighted by Crippen LogP contribution is 2.24. The minimum Gasteiger partial charge on any atom is -0.452 e. The number of carbonyl (C=O) groups excluding carboxylic acids is 5. The molecule has 0 saturated carbocycles. The molecule has 0 aromatic heterocycles. The van der Waals surface area contributed by atoms with Crippen LogP contribution >= 0.6 is 0 Å². The Morgan fingerprint density at radius 1 is 0.971 bits per heavy atom. The number of ether oxygens (including phenoxy) is 1. The van der Waals surface area contributed by atoms with Gasteiger partial charge < -0.3 is 15.0 Å². The van der Waals surface area contributed by atoms with Crippen molar-refractivity contribution in [3.8, 4) is 0 Å². The zero-order chi connectivity index (χ0) is 24.8. The topological polar surface area (TPSA) is 113 Å². The first kappa shape index (κ1) is 24.4. The lowest BCUT2D eigenvalue weighted by molar-refractivity contribution is -0.119. The van der Waals surface area contributed by atoms with E-state index in [2.05, 4.69) is 11.9 Å². The van der Waals surface area contributed by atoms with Crippen LogP contribution in [0.15, 0.2) is 55.1 Å². The number of amides is 4. The van der Waals surface area contributed by atoms with Gasteiger partial charge in [-0.2, -0.15) is 0 Å². The normalized spacial score (nSPS) is 12.2. The molecule has 1 N–H and O–H groups in total. The van der Waals surface area contributed by atoms with Gasteiger partial charge in [-0.05, 0) is 56.3 Å². The molecule has 9 nitrogen and oxygen atoms in total. The Morgan fingerprint density at radius 2 is 1.59 bits per heavy atom. The lowest BCUT2D eigenvalue weighted by Gasteiger charge is -2.18. The Bertz CT molecular complexity index is 1150. The van der Waals surface area contributed by atoms with Crippen LogP contribution in [0.4, 0.5) is 5.69 Å². The molecule has 4 amide bonds. The van der Waals surface area contributed by atoms with Gasteiger partial charge in [0.2, 0.25) is 0 Å². The third-order valence-corrected chi connectivity index (χ3v) is 5.32. The summed E-state index contributed by atoms with van der Waals surface area (Å²) >= 11 is 0. The molecule has 1 aliphatic heterocycles. The number of benzene rings is 2. The van der Waals surface area contributed by atoms with Crippen LogP contribution in [0.3, 0.4) is 0 Å². The van der Waals surface area contributed by atoms with Gasteiger partial charge in [0.1, 0.15) is 0 Å². The van der Waals surface area contributed by atoms with Crippen molar-refractivity contribution in [2.75, 3.05) is 31.6 Å². The van der Waals surface area contributed by atoms with Crippen LogP contribution in [-0.4, -0.2) is 65.6 Å². The molecule has 0 aliphatic carbocycles. The molecule has 0 spiro atoms. The van der Waals surface area contributed by atoms with Crippen LogP contribution in [0, 0.1) is 0 Å². The Hall–Kier alpha value is -4.27. The number of carbonyl (C=O) groups is 5. The van der Waals surface area contributed by atoms with E-state index in [-0.39, 0.29) is 29.1 Å². The Balaban J connectivity index is 1.57. The maximum absolute atomic E-state index is 12.4. The van der Waals surface area contributed by atoms with Crippen LogP contribution in [0.1, 0.15) is 55.3 Å². The second-order valence-corrected chi connectivity index (χ2v) is 7.45. The molecule has 1 heterocycles. The first-order chi connectivity index (χ1) is 16.3. The van der Waals surface area contributed by atoms with E-state index in [1.54, 1.807) is 29.2 Å². The smallest absolute Gasteiger partial charge is 0.338 e. The molecule has 0 unspecified atom stereocenters. The first-order valence-corrected chi connectivity index (χ1v) is 10.8. The van der Waals surface area contributed by atoms with E-state index in [0.29, 0.717) is 24.3 Å². The fraction of sp³-hybridized carbons (Fsp3) is 0.240. The van der Waals surface area contributed by atoms with Crippen molar-refractivity contribution in [2.24, 2.45) is 0 Å². The van der Waals surface area contributed by atoms with E-state index in [1.807, 2.05) is 13.8 Å². The number of hydrogen-bond donors (Lipinski definition) is 1. The molecule has 0 atom stereocenters. The average Bonchev–Trinajstić information content (AvgIpc) is 3.08. The summed E-state index contributed by atoms with van der Waals surface area (Å²) in [5.41, 5.74) is 1.30. The van der Waals surface area contributed by atoms with Gasteiger partial charge in [-0.15, -0.1) is 6.58 Å². The number of esters is 1. The van der Waals surface area contributed by atoms with Gasteiger partial charge in [-0.1, -0.05) is 6.08 Å². The maximum atomic E-state index is 12.4. The molecule has 0 saturated heterocycles. The summed E-state index contributed by atoms with van der Waals surface area (Å²) in [5, 5.41) is 2.59. The molecule has 2 aromatic carbocycles. The summed E-state index contributed by atoms with van der Waals surface area (Å²) in [7, 11) is 0. The van der Waals surface area contributed by atoms with Crippen molar-refractivity contribution in [1.29, 1.82) is 0 Å². The molecule has 176 valence electrons. The number of fused-ring (bicyclic) bond motifs is 1. The predicted octanol–water partition coefficient (Wildman–Crippen LogP) is 2.75. The largest absolute Gasteiger partial charge is 0.452 e. The zero-order valence-corrected chi connectivity index (χ0v) is 19.0. The first-order valence-electron chi connectivity index (χ1n) is 10.8. The molecule has 3 rings (SSSR count). The predicted molar refractivity (Wildman–Crippen MR) is 125 cm³/mol. The van der Waals surface area contributed by atoms with Crippen molar-refractivity contribution >= 4 is 35.3 Å². The van der Waals surface area contributed by atoms with Crippen LogP contribution in [0.25, 0.3) is 0 Å². The van der Waals surface area contributed by atoms with Crippen molar-refractivity contribution in [2.45, 2.75) is 13.8 Å². The van der Waals surface area contributed by atoms with Gasteiger partial charge in [0.05, 0.1) is 16.7 Å². The molecule has 0 radical (unpaired) electrons. The van der Waals surface area contributed by atoms with Crippen LogP contribution in [0.2, 0.25) is 0 Å². The number of hydrogen-bond acceptors (Lipinski definition) is 6. The standard InChI is InChI=1S/C25H25N3O6/c1-4-13-28-23(31)19-12-9-17(14-20(19)24(28)32)25(33)34-15-21(29)26-18-10-7-16(8-11-18)22(30)27(5-2)6-3/h4,7-12,14H,1,5-6,13,15H2,2-3H3,(H,26,29). The van der Waals surface area contributed by atoms with Gasteiger partial charge in [-0.3, -0.25) is 24.1 Å². The van der Waals surface area contributed by atoms with Gasteiger partial charge >= 0.3 is 5.97 Å². The van der Waals surface area contributed by atoms with Gasteiger partial charge in [-0.25, -0.2) is 4.79 Å². The summed E-state index contributed by atoms with van der Waals surface area (Å²) in [4.78, 5) is 64.3. The highest BCUT2D eigenvalue weighted by atomic mass is 16.5. The van der Waals surface area contributed by atoms with E-state index < -0.39 is 30.3 Å². The lowest BCUT2D eigenvalue weighted by atomic mass is 10.1. The van der Waals surface area contributed by atoms with Crippen molar-refractivity contribution in [1.82, 2.24) is 9.80 Å². The lowest BCUT2D eigenvalue weighted by Crippen LogP contribution is -2.30. The quantitative estimate of drug-likeness (QED) is 0.348. The Kier molecular flexibility index (Phi) is 7.57. The molecule has 0 bridgehead atoms. The van der Waals surface area contributed by atoms with E-state index in [0.717, 1.165) is 4.90 Å². The second-order valence-electron chi connectivity index (χ2n) is 7.45. The maximum Gasteiger partial charge on any atom is 0.338 e. The van der Waals surface area contributed by atoms with Crippen LogP contribution in [0.5, 0.6) is 0 Å². The van der Waals surface area contributed by atoms with E-state index in [9.17, 15) is 24.0 Å². The fourth-order valence-corrected chi connectivity index (χ4v) is 3.51. The molecule has 9 heteroatoms. The van der Waals surface area contributed by atoms with Crippen LogP contribution in [-0.2, 0) is 9.53 Å².